The molecule has 0 fully saturated rings. The van der Waals surface area contributed by atoms with Crippen LogP contribution in [0.4, 0.5) is 32.0 Å². The number of hydrogen-bond donors (Lipinski definition) is 1. The summed E-state index contributed by atoms with van der Waals surface area (Å²) in [5, 5.41) is 2.28. The lowest BCUT2D eigenvalue weighted by Gasteiger charge is -2.23. The average Bonchev–Trinajstić information content (AvgIpc) is 2.51. The van der Waals surface area contributed by atoms with Crippen LogP contribution in [0.3, 0.4) is 0 Å². The van der Waals surface area contributed by atoms with Gasteiger partial charge in [0.1, 0.15) is 11.8 Å². The summed E-state index contributed by atoms with van der Waals surface area (Å²) in [4.78, 5) is 0. The van der Waals surface area contributed by atoms with Gasteiger partial charge in [-0.05, 0) is 42.0 Å². The molecule has 1 N–H and O–H groups in total. The molecule has 0 bridgehead atoms. The third-order valence-electron chi connectivity index (χ3n) is 3.30. The highest BCUT2D eigenvalue weighted by Crippen LogP contribution is 2.37. The smallest absolute Gasteiger partial charge is 0.416 e. The van der Waals surface area contributed by atoms with E-state index in [1.165, 1.54) is 31.4 Å². The monoisotopic (exact) mass is 349 g/mol. The number of nitrogens with one attached hydrogen (secondary N) is 1. The number of halogens is 6. The third kappa shape index (κ3) is 4.33. The zero-order chi connectivity index (χ0) is 18.0. The summed E-state index contributed by atoms with van der Waals surface area (Å²) in [7, 11) is 1.42. The fraction of sp³-hybridized carbons (Fsp3) is 0.250. The predicted octanol–water partition coefficient (Wildman–Crippen LogP) is 5.43. The summed E-state index contributed by atoms with van der Waals surface area (Å²) in [5.41, 5.74) is -1.15. The van der Waals surface area contributed by atoms with Gasteiger partial charge in [-0.25, -0.2) is 0 Å². The summed E-state index contributed by atoms with van der Waals surface area (Å²) in [6, 6.07) is 6.49. The maximum absolute atomic E-state index is 13.3. The Morgan fingerprint density at radius 3 is 1.79 bits per heavy atom. The normalized spacial score (nSPS) is 13.5. The largest absolute Gasteiger partial charge is 0.497 e. The van der Waals surface area contributed by atoms with E-state index >= 15 is 0 Å². The second-order valence-electron chi connectivity index (χ2n) is 4.97. The van der Waals surface area contributed by atoms with Crippen molar-refractivity contribution in [2.75, 3.05) is 12.4 Å². The van der Waals surface area contributed by atoms with Gasteiger partial charge in [0, 0.05) is 5.69 Å². The van der Waals surface area contributed by atoms with Crippen LogP contribution in [0, 0.1) is 0 Å². The highest BCUT2D eigenvalue weighted by Gasteiger charge is 2.41. The van der Waals surface area contributed by atoms with Gasteiger partial charge in [0.15, 0.2) is 0 Å². The van der Waals surface area contributed by atoms with Crippen molar-refractivity contribution in [3.05, 3.63) is 59.7 Å². The lowest BCUT2D eigenvalue weighted by atomic mass is 10.0. The Morgan fingerprint density at radius 1 is 0.833 bits per heavy atom. The highest BCUT2D eigenvalue weighted by atomic mass is 19.4. The van der Waals surface area contributed by atoms with Crippen LogP contribution in [-0.4, -0.2) is 13.3 Å². The van der Waals surface area contributed by atoms with Crippen LogP contribution in [0.1, 0.15) is 17.2 Å². The van der Waals surface area contributed by atoms with Crippen molar-refractivity contribution >= 4 is 5.69 Å². The SMILES string of the molecule is COc1ccc(N[C@H](c2ccc(C(F)(F)F)cc2)C(F)(F)F)cc1. The van der Waals surface area contributed by atoms with E-state index in [2.05, 4.69) is 5.32 Å². The molecule has 0 aromatic heterocycles. The zero-order valence-corrected chi connectivity index (χ0v) is 12.4. The summed E-state index contributed by atoms with van der Waals surface area (Å²) < 4.78 is 82.3. The molecule has 0 radical (unpaired) electrons. The number of rotatable bonds is 4. The van der Waals surface area contributed by atoms with E-state index in [-0.39, 0.29) is 11.3 Å². The number of hydrogen-bond acceptors (Lipinski definition) is 2. The number of benzene rings is 2. The Bertz CT molecular complexity index is 661. The molecule has 0 spiro atoms. The maximum Gasteiger partial charge on any atom is 0.416 e. The second kappa shape index (κ2) is 6.62. The summed E-state index contributed by atoms with van der Waals surface area (Å²) in [6.45, 7) is 0. The lowest BCUT2D eigenvalue weighted by Crippen LogP contribution is -2.28. The van der Waals surface area contributed by atoms with Crippen LogP contribution in [0.5, 0.6) is 5.75 Å². The van der Waals surface area contributed by atoms with E-state index in [1.54, 1.807) is 0 Å². The fourth-order valence-electron chi connectivity index (χ4n) is 2.07. The Kier molecular flexibility index (Phi) is 4.96. The van der Waals surface area contributed by atoms with Crippen molar-refractivity contribution < 1.29 is 31.1 Å². The van der Waals surface area contributed by atoms with Gasteiger partial charge in [0.2, 0.25) is 0 Å². The molecule has 1 atom stereocenters. The summed E-state index contributed by atoms with van der Waals surface area (Å²) in [5.74, 6) is 0.471. The Hall–Kier alpha value is -2.38. The first-order valence-corrected chi connectivity index (χ1v) is 6.76. The van der Waals surface area contributed by atoms with Gasteiger partial charge in [0.05, 0.1) is 12.7 Å². The molecule has 2 nitrogen and oxygen atoms in total. The van der Waals surface area contributed by atoms with Gasteiger partial charge in [-0.3, -0.25) is 0 Å². The quantitative estimate of drug-likeness (QED) is 0.743. The van der Waals surface area contributed by atoms with E-state index in [1.807, 2.05) is 0 Å². The molecular formula is C16H13F6NO. The minimum absolute atomic E-state index is 0.165. The van der Waals surface area contributed by atoms with Crippen LogP contribution < -0.4 is 10.1 Å². The van der Waals surface area contributed by atoms with Crippen molar-refractivity contribution in [1.82, 2.24) is 0 Å². The van der Waals surface area contributed by atoms with Gasteiger partial charge >= 0.3 is 12.4 Å². The molecule has 0 aliphatic rings. The van der Waals surface area contributed by atoms with E-state index in [0.29, 0.717) is 17.9 Å². The summed E-state index contributed by atoms with van der Waals surface area (Å²) in [6.07, 6.45) is -9.28. The van der Waals surface area contributed by atoms with Crippen molar-refractivity contribution in [3.8, 4) is 5.75 Å². The number of methoxy groups -OCH3 is 1. The molecule has 0 saturated carbocycles. The molecule has 2 aromatic carbocycles. The third-order valence-corrected chi connectivity index (χ3v) is 3.30. The first kappa shape index (κ1) is 18.0. The van der Waals surface area contributed by atoms with Crippen LogP contribution >= 0.6 is 0 Å². The van der Waals surface area contributed by atoms with Crippen LogP contribution in [0.2, 0.25) is 0 Å². The van der Waals surface area contributed by atoms with E-state index in [9.17, 15) is 26.3 Å². The molecule has 0 aliphatic heterocycles. The van der Waals surface area contributed by atoms with Gasteiger partial charge in [-0.1, -0.05) is 12.1 Å². The molecule has 24 heavy (non-hydrogen) atoms. The number of ether oxygens (including phenoxy) is 1. The highest BCUT2D eigenvalue weighted by molar-refractivity contribution is 5.49. The van der Waals surface area contributed by atoms with Crippen LogP contribution in [-0.2, 0) is 6.18 Å². The first-order valence-electron chi connectivity index (χ1n) is 6.76. The van der Waals surface area contributed by atoms with Gasteiger partial charge in [-0.15, -0.1) is 0 Å². The number of alkyl halides is 6. The van der Waals surface area contributed by atoms with Gasteiger partial charge in [-0.2, -0.15) is 26.3 Å². The molecule has 0 unspecified atom stereocenters. The molecule has 0 aliphatic carbocycles. The van der Waals surface area contributed by atoms with E-state index in [0.717, 1.165) is 12.1 Å². The standard InChI is InChI=1S/C16H13F6NO/c1-24-13-8-6-12(7-9-13)23-14(16(20,21)22)10-2-4-11(5-3-10)15(17,18)19/h2-9,14,23H,1H3/t14-/m1/s1. The van der Waals surface area contributed by atoms with Crippen molar-refractivity contribution in [2.45, 2.75) is 18.4 Å². The Morgan fingerprint density at radius 2 is 1.38 bits per heavy atom. The molecule has 2 aromatic rings. The molecule has 2 rings (SSSR count). The second-order valence-corrected chi connectivity index (χ2v) is 4.97. The lowest BCUT2D eigenvalue weighted by molar-refractivity contribution is -0.144. The molecule has 0 amide bonds. The van der Waals surface area contributed by atoms with E-state index in [4.69, 9.17) is 4.74 Å². The Balaban J connectivity index is 2.28. The van der Waals surface area contributed by atoms with Gasteiger partial charge in [0.25, 0.3) is 0 Å². The van der Waals surface area contributed by atoms with Crippen molar-refractivity contribution in [3.63, 3.8) is 0 Å². The molecule has 0 heterocycles. The van der Waals surface area contributed by atoms with E-state index < -0.39 is 24.0 Å². The molecular weight excluding hydrogens is 336 g/mol. The molecule has 130 valence electrons. The van der Waals surface area contributed by atoms with Gasteiger partial charge < -0.3 is 10.1 Å². The average molecular weight is 349 g/mol. The first-order chi connectivity index (χ1) is 11.1. The molecule has 8 heteroatoms. The predicted molar refractivity (Wildman–Crippen MR) is 76.9 cm³/mol. The van der Waals surface area contributed by atoms with Crippen molar-refractivity contribution in [2.24, 2.45) is 0 Å². The van der Waals surface area contributed by atoms with Crippen molar-refractivity contribution in [1.29, 1.82) is 0 Å². The minimum atomic E-state index is -4.68. The van der Waals surface area contributed by atoms with Crippen LogP contribution in [0.25, 0.3) is 0 Å². The van der Waals surface area contributed by atoms with Crippen LogP contribution in [0.15, 0.2) is 48.5 Å². The fourth-order valence-corrected chi connectivity index (χ4v) is 2.07. The molecule has 0 saturated heterocycles. The minimum Gasteiger partial charge on any atom is -0.497 e. The maximum atomic E-state index is 13.3. The Labute approximate surface area is 134 Å². The number of anilines is 1. The summed E-state index contributed by atoms with van der Waals surface area (Å²) >= 11 is 0. The zero-order valence-electron chi connectivity index (χ0n) is 12.4. The topological polar surface area (TPSA) is 21.3 Å².